The third-order valence-corrected chi connectivity index (χ3v) is 7.99. The molecule has 1 aliphatic carbocycles. The maximum atomic E-state index is 13.1. The lowest BCUT2D eigenvalue weighted by Crippen LogP contribution is -2.49. The number of benzene rings is 1. The van der Waals surface area contributed by atoms with Gasteiger partial charge in [-0.25, -0.2) is 0 Å². The molecule has 2 atom stereocenters. The number of carbonyl (C=O) groups excluding carboxylic acids is 1. The number of carbonyl (C=O) groups is 1. The van der Waals surface area contributed by atoms with Gasteiger partial charge in [-0.3, -0.25) is 14.3 Å². The molecule has 1 amide bonds. The SMILES string of the molecule is C[C@H]1CCCC[C@@H]1n1c(SCC(=O)N2CCN(c3ccccc3)CC2)nnc1-c1cccnc1. The van der Waals surface area contributed by atoms with Crippen LogP contribution in [-0.4, -0.2) is 62.5 Å². The topological polar surface area (TPSA) is 67.2 Å². The van der Waals surface area contributed by atoms with Crippen molar-refractivity contribution in [1.82, 2.24) is 24.6 Å². The first-order valence-electron chi connectivity index (χ1n) is 12.3. The van der Waals surface area contributed by atoms with Crippen molar-refractivity contribution in [1.29, 1.82) is 0 Å². The van der Waals surface area contributed by atoms with Gasteiger partial charge in [-0.15, -0.1) is 10.2 Å². The first kappa shape index (κ1) is 22.9. The number of hydrogen-bond donors (Lipinski definition) is 0. The lowest BCUT2D eigenvalue weighted by Gasteiger charge is -2.36. The Morgan fingerprint density at radius 2 is 1.79 bits per heavy atom. The van der Waals surface area contributed by atoms with E-state index in [2.05, 4.69) is 55.8 Å². The smallest absolute Gasteiger partial charge is 0.233 e. The van der Waals surface area contributed by atoms with Gasteiger partial charge in [-0.2, -0.15) is 0 Å². The van der Waals surface area contributed by atoms with Crippen LogP contribution in [0.2, 0.25) is 0 Å². The predicted octanol–water partition coefficient (Wildman–Crippen LogP) is 4.53. The molecule has 2 aliphatic rings. The lowest BCUT2D eigenvalue weighted by atomic mass is 9.85. The Balaban J connectivity index is 1.27. The molecule has 1 saturated heterocycles. The van der Waals surface area contributed by atoms with E-state index in [0.717, 1.165) is 49.1 Å². The van der Waals surface area contributed by atoms with Gasteiger partial charge in [0.25, 0.3) is 0 Å². The number of rotatable bonds is 6. The normalized spacial score (nSPS) is 21.0. The molecule has 8 heteroatoms. The Morgan fingerprint density at radius 1 is 1.00 bits per heavy atom. The standard InChI is InChI=1S/C26H32N6OS/c1-20-8-5-6-12-23(20)32-25(21-9-7-13-27-18-21)28-29-26(32)34-19-24(33)31-16-14-30(15-17-31)22-10-3-2-4-11-22/h2-4,7,9-11,13,18,20,23H,5-6,8,12,14-17,19H2,1H3/t20-,23-/m0/s1. The number of aromatic nitrogens is 4. The zero-order chi connectivity index (χ0) is 23.3. The molecule has 178 valence electrons. The van der Waals surface area contributed by atoms with Gasteiger partial charge in [0, 0.05) is 55.9 Å². The van der Waals surface area contributed by atoms with Crippen LogP contribution in [-0.2, 0) is 4.79 Å². The summed E-state index contributed by atoms with van der Waals surface area (Å²) in [7, 11) is 0. The van der Waals surface area contributed by atoms with Crippen LogP contribution in [0.5, 0.6) is 0 Å². The Labute approximate surface area is 205 Å². The number of anilines is 1. The molecule has 0 spiro atoms. The van der Waals surface area contributed by atoms with E-state index in [4.69, 9.17) is 0 Å². The van der Waals surface area contributed by atoms with Crippen molar-refractivity contribution < 1.29 is 4.79 Å². The highest BCUT2D eigenvalue weighted by atomic mass is 32.2. The minimum Gasteiger partial charge on any atom is -0.368 e. The number of amides is 1. The van der Waals surface area contributed by atoms with Gasteiger partial charge in [0.15, 0.2) is 11.0 Å². The number of piperazine rings is 1. The van der Waals surface area contributed by atoms with Crippen molar-refractivity contribution in [2.45, 2.75) is 43.8 Å². The Hall–Kier alpha value is -2.87. The Kier molecular flexibility index (Phi) is 7.13. The molecule has 3 heterocycles. The number of thioether (sulfide) groups is 1. The van der Waals surface area contributed by atoms with E-state index in [1.807, 2.05) is 29.3 Å². The van der Waals surface area contributed by atoms with Gasteiger partial charge in [-0.1, -0.05) is 49.7 Å². The number of hydrogen-bond acceptors (Lipinski definition) is 6. The Morgan fingerprint density at radius 3 is 2.53 bits per heavy atom. The summed E-state index contributed by atoms with van der Waals surface area (Å²) >= 11 is 1.52. The molecule has 5 rings (SSSR count). The maximum absolute atomic E-state index is 13.1. The highest BCUT2D eigenvalue weighted by molar-refractivity contribution is 7.99. The van der Waals surface area contributed by atoms with Crippen LogP contribution in [0.15, 0.2) is 60.0 Å². The first-order valence-corrected chi connectivity index (χ1v) is 13.2. The maximum Gasteiger partial charge on any atom is 0.233 e. The lowest BCUT2D eigenvalue weighted by molar-refractivity contribution is -0.128. The van der Waals surface area contributed by atoms with Crippen LogP contribution < -0.4 is 4.90 Å². The third-order valence-electron chi connectivity index (χ3n) is 7.06. The summed E-state index contributed by atoms with van der Waals surface area (Å²) in [5, 5.41) is 9.93. The van der Waals surface area contributed by atoms with E-state index < -0.39 is 0 Å². The van der Waals surface area contributed by atoms with Crippen LogP contribution in [0.25, 0.3) is 11.4 Å². The molecule has 1 aromatic carbocycles. The molecular weight excluding hydrogens is 444 g/mol. The molecule has 2 aromatic heterocycles. The molecule has 7 nitrogen and oxygen atoms in total. The molecule has 1 aliphatic heterocycles. The van der Waals surface area contributed by atoms with E-state index in [1.165, 1.54) is 36.7 Å². The third kappa shape index (κ3) is 4.97. The summed E-state index contributed by atoms with van der Waals surface area (Å²) in [6.45, 7) is 5.55. The molecule has 3 aromatic rings. The zero-order valence-corrected chi connectivity index (χ0v) is 20.5. The first-order chi connectivity index (χ1) is 16.7. The summed E-state index contributed by atoms with van der Waals surface area (Å²) in [5.41, 5.74) is 2.20. The predicted molar refractivity (Wildman–Crippen MR) is 136 cm³/mol. The largest absolute Gasteiger partial charge is 0.368 e. The van der Waals surface area contributed by atoms with E-state index >= 15 is 0 Å². The monoisotopic (exact) mass is 476 g/mol. The molecule has 0 N–H and O–H groups in total. The van der Waals surface area contributed by atoms with Gasteiger partial charge in [0.2, 0.25) is 5.91 Å². The van der Waals surface area contributed by atoms with Crippen LogP contribution in [0.1, 0.15) is 38.6 Å². The van der Waals surface area contributed by atoms with Crippen molar-refractivity contribution >= 4 is 23.4 Å². The second-order valence-electron chi connectivity index (χ2n) is 9.24. The van der Waals surface area contributed by atoms with E-state index in [9.17, 15) is 4.79 Å². The van der Waals surface area contributed by atoms with Crippen LogP contribution >= 0.6 is 11.8 Å². The van der Waals surface area contributed by atoms with Crippen LogP contribution in [0.4, 0.5) is 5.69 Å². The quantitative estimate of drug-likeness (QED) is 0.487. The van der Waals surface area contributed by atoms with Crippen LogP contribution in [0, 0.1) is 5.92 Å². The molecule has 2 fully saturated rings. The highest BCUT2D eigenvalue weighted by Crippen LogP contribution is 2.38. The second-order valence-corrected chi connectivity index (χ2v) is 10.2. The van der Waals surface area contributed by atoms with Crippen molar-refractivity contribution in [3.05, 3.63) is 54.9 Å². The summed E-state index contributed by atoms with van der Waals surface area (Å²) in [6, 6.07) is 14.7. The average Bonchev–Trinajstić information content (AvgIpc) is 3.32. The molecular formula is C26H32N6OS. The average molecular weight is 477 g/mol. The van der Waals surface area contributed by atoms with Gasteiger partial charge in [0.05, 0.1) is 5.75 Å². The summed E-state index contributed by atoms with van der Waals surface area (Å²) in [6.07, 6.45) is 8.45. The second kappa shape index (κ2) is 10.6. The minimum atomic E-state index is 0.173. The van der Waals surface area contributed by atoms with Gasteiger partial charge < -0.3 is 9.80 Å². The van der Waals surface area contributed by atoms with Crippen molar-refractivity contribution in [3.63, 3.8) is 0 Å². The van der Waals surface area contributed by atoms with Crippen molar-refractivity contribution in [2.75, 3.05) is 36.8 Å². The van der Waals surface area contributed by atoms with Crippen LogP contribution in [0.3, 0.4) is 0 Å². The highest BCUT2D eigenvalue weighted by Gasteiger charge is 2.29. The van der Waals surface area contributed by atoms with Crippen molar-refractivity contribution in [3.8, 4) is 11.4 Å². The number of para-hydroxylation sites is 1. The van der Waals surface area contributed by atoms with Crippen molar-refractivity contribution in [2.24, 2.45) is 5.92 Å². The van der Waals surface area contributed by atoms with E-state index in [-0.39, 0.29) is 5.91 Å². The molecule has 1 saturated carbocycles. The van der Waals surface area contributed by atoms with Gasteiger partial charge in [0.1, 0.15) is 0 Å². The summed E-state index contributed by atoms with van der Waals surface area (Å²) < 4.78 is 2.28. The molecule has 0 unspecified atom stereocenters. The number of pyridine rings is 1. The molecule has 0 radical (unpaired) electrons. The fourth-order valence-corrected chi connectivity index (χ4v) is 6.01. The molecule has 0 bridgehead atoms. The number of nitrogens with zero attached hydrogens (tertiary/aromatic N) is 6. The molecule has 34 heavy (non-hydrogen) atoms. The van der Waals surface area contributed by atoms with Gasteiger partial charge >= 0.3 is 0 Å². The fourth-order valence-electron chi connectivity index (χ4n) is 5.12. The summed E-state index contributed by atoms with van der Waals surface area (Å²) in [5.74, 6) is 1.98. The Bertz CT molecular complexity index is 1080. The van der Waals surface area contributed by atoms with E-state index in [1.54, 1.807) is 6.20 Å². The minimum absolute atomic E-state index is 0.173. The fraction of sp³-hybridized carbons (Fsp3) is 0.462. The van der Waals surface area contributed by atoms with E-state index in [0.29, 0.717) is 17.7 Å². The summed E-state index contributed by atoms with van der Waals surface area (Å²) in [4.78, 5) is 21.7. The van der Waals surface area contributed by atoms with Gasteiger partial charge in [-0.05, 0) is 43.0 Å². The zero-order valence-electron chi connectivity index (χ0n) is 19.7.